The van der Waals surface area contributed by atoms with Gasteiger partial charge in [0.2, 0.25) is 5.91 Å². The first-order valence-corrected chi connectivity index (χ1v) is 10.9. The molecule has 2 aromatic rings. The molecule has 5 heteroatoms. The molecule has 0 spiro atoms. The number of allylic oxidation sites excluding steroid dienone is 1. The average molecular weight is 391 g/mol. The number of benzene rings is 1. The van der Waals surface area contributed by atoms with Crippen molar-refractivity contribution in [2.24, 2.45) is 5.92 Å². The van der Waals surface area contributed by atoms with E-state index in [0.717, 1.165) is 49.4 Å². The van der Waals surface area contributed by atoms with Crippen LogP contribution in [-0.2, 0) is 4.79 Å². The Labute approximate surface area is 173 Å². The van der Waals surface area contributed by atoms with E-state index in [1.807, 2.05) is 42.5 Å². The van der Waals surface area contributed by atoms with Gasteiger partial charge in [0, 0.05) is 25.2 Å². The summed E-state index contributed by atoms with van der Waals surface area (Å²) in [6, 6.07) is 14.1. The van der Waals surface area contributed by atoms with Gasteiger partial charge in [-0.2, -0.15) is 0 Å². The van der Waals surface area contributed by atoms with Crippen LogP contribution < -0.4 is 10.2 Å². The van der Waals surface area contributed by atoms with Crippen molar-refractivity contribution in [3.05, 3.63) is 54.1 Å². The molecule has 1 aromatic heterocycles. The Morgan fingerprint density at radius 2 is 1.97 bits per heavy atom. The van der Waals surface area contributed by atoms with E-state index in [-0.39, 0.29) is 11.8 Å². The van der Waals surface area contributed by atoms with Crippen LogP contribution in [0.15, 0.2) is 54.1 Å². The summed E-state index contributed by atoms with van der Waals surface area (Å²) in [5.74, 6) is 1.06. The molecule has 1 aliphatic carbocycles. The van der Waals surface area contributed by atoms with Gasteiger partial charge in [-0.25, -0.2) is 0 Å². The predicted molar refractivity (Wildman–Crippen MR) is 117 cm³/mol. The molecule has 2 heterocycles. The number of hydrogen-bond donors (Lipinski definition) is 1. The number of carbonyl (C=O) groups excluding carboxylic acids is 1. The molecule has 29 heavy (non-hydrogen) atoms. The summed E-state index contributed by atoms with van der Waals surface area (Å²) in [5.41, 5.74) is 3.45. The number of nitrogens with one attached hydrogen (secondary N) is 1. The molecular formula is C24H30N4O. The molecule has 1 atom stereocenters. The van der Waals surface area contributed by atoms with Crippen LogP contribution in [0, 0.1) is 5.92 Å². The molecule has 0 saturated carbocycles. The quantitative estimate of drug-likeness (QED) is 0.744. The third-order valence-corrected chi connectivity index (χ3v) is 5.97. The van der Waals surface area contributed by atoms with Gasteiger partial charge in [-0.3, -0.25) is 4.79 Å². The Morgan fingerprint density at radius 3 is 2.72 bits per heavy atom. The second-order valence-electron chi connectivity index (χ2n) is 8.08. The van der Waals surface area contributed by atoms with Gasteiger partial charge in [-0.05, 0) is 57.1 Å². The molecule has 1 aromatic carbocycles. The van der Waals surface area contributed by atoms with Gasteiger partial charge in [0.1, 0.15) is 0 Å². The molecule has 152 valence electrons. The zero-order valence-corrected chi connectivity index (χ0v) is 17.0. The van der Waals surface area contributed by atoms with Crippen molar-refractivity contribution < 1.29 is 4.79 Å². The Bertz CT molecular complexity index is 832. The fourth-order valence-electron chi connectivity index (χ4n) is 4.28. The summed E-state index contributed by atoms with van der Waals surface area (Å²) in [6.07, 6.45) is 10.3. The maximum atomic E-state index is 12.7. The van der Waals surface area contributed by atoms with Crippen molar-refractivity contribution in [1.82, 2.24) is 15.5 Å². The lowest BCUT2D eigenvalue weighted by molar-refractivity contribution is -0.125. The number of carbonyl (C=O) groups is 1. The summed E-state index contributed by atoms with van der Waals surface area (Å²) in [4.78, 5) is 14.9. The highest BCUT2D eigenvalue weighted by molar-refractivity contribution is 5.79. The first-order chi connectivity index (χ1) is 14.3. The highest BCUT2D eigenvalue weighted by Crippen LogP contribution is 2.24. The number of piperidine rings is 1. The zero-order chi connectivity index (χ0) is 19.9. The number of rotatable bonds is 6. The number of nitrogens with zero attached hydrogens (tertiary/aromatic N) is 3. The zero-order valence-electron chi connectivity index (χ0n) is 17.0. The molecule has 1 amide bonds. The van der Waals surface area contributed by atoms with Crippen LogP contribution in [0.1, 0.15) is 44.9 Å². The highest BCUT2D eigenvalue weighted by atomic mass is 16.1. The second-order valence-corrected chi connectivity index (χ2v) is 8.08. The SMILES string of the molecule is O=C(NCCC1=CCCCC1)[C@@H]1CCCN(c2ccc(-c3ccccc3)nn2)C1. The largest absolute Gasteiger partial charge is 0.355 e. The van der Waals surface area contributed by atoms with Crippen LogP contribution in [0.5, 0.6) is 0 Å². The molecular weight excluding hydrogens is 360 g/mol. The first kappa shape index (κ1) is 19.6. The first-order valence-electron chi connectivity index (χ1n) is 10.9. The molecule has 5 nitrogen and oxygen atoms in total. The molecule has 0 bridgehead atoms. The monoisotopic (exact) mass is 390 g/mol. The van der Waals surface area contributed by atoms with E-state index < -0.39 is 0 Å². The van der Waals surface area contributed by atoms with Gasteiger partial charge >= 0.3 is 0 Å². The third-order valence-electron chi connectivity index (χ3n) is 5.97. The molecule has 4 rings (SSSR count). The molecule has 0 unspecified atom stereocenters. The number of amides is 1. The van der Waals surface area contributed by atoms with Crippen molar-refractivity contribution in [3.8, 4) is 11.3 Å². The Balaban J connectivity index is 1.30. The fraction of sp³-hybridized carbons (Fsp3) is 0.458. The van der Waals surface area contributed by atoms with Crippen LogP contribution in [0.3, 0.4) is 0 Å². The summed E-state index contributed by atoms with van der Waals surface area (Å²) in [7, 11) is 0. The van der Waals surface area contributed by atoms with Gasteiger partial charge in [-0.15, -0.1) is 10.2 Å². The topological polar surface area (TPSA) is 58.1 Å². The highest BCUT2D eigenvalue weighted by Gasteiger charge is 2.26. The van der Waals surface area contributed by atoms with E-state index in [1.54, 1.807) is 0 Å². The lowest BCUT2D eigenvalue weighted by Crippen LogP contribution is -2.43. The minimum Gasteiger partial charge on any atom is -0.355 e. The van der Waals surface area contributed by atoms with Crippen LogP contribution in [0.2, 0.25) is 0 Å². The number of hydrogen-bond acceptors (Lipinski definition) is 4. The summed E-state index contributed by atoms with van der Waals surface area (Å²) < 4.78 is 0. The third kappa shape index (κ3) is 5.22. The number of anilines is 1. The minimum absolute atomic E-state index is 0.0275. The van der Waals surface area contributed by atoms with Crippen LogP contribution >= 0.6 is 0 Å². The van der Waals surface area contributed by atoms with Crippen LogP contribution in [0.4, 0.5) is 5.82 Å². The van der Waals surface area contributed by atoms with E-state index in [2.05, 4.69) is 26.5 Å². The molecule has 1 saturated heterocycles. The van der Waals surface area contributed by atoms with Gasteiger partial charge in [-0.1, -0.05) is 42.0 Å². The van der Waals surface area contributed by atoms with Crippen molar-refractivity contribution in [2.45, 2.75) is 44.9 Å². The van der Waals surface area contributed by atoms with Crippen LogP contribution in [-0.4, -0.2) is 35.7 Å². The average Bonchev–Trinajstić information content (AvgIpc) is 2.80. The molecule has 1 aliphatic heterocycles. The lowest BCUT2D eigenvalue weighted by atomic mass is 9.96. The van der Waals surface area contributed by atoms with Gasteiger partial charge in [0.05, 0.1) is 11.6 Å². The van der Waals surface area contributed by atoms with Crippen molar-refractivity contribution in [3.63, 3.8) is 0 Å². The predicted octanol–water partition coefficient (Wildman–Crippen LogP) is 4.37. The van der Waals surface area contributed by atoms with Crippen molar-refractivity contribution >= 4 is 11.7 Å². The molecule has 0 radical (unpaired) electrons. The summed E-state index contributed by atoms with van der Waals surface area (Å²) in [5, 5.41) is 12.0. The fourth-order valence-corrected chi connectivity index (χ4v) is 4.28. The van der Waals surface area contributed by atoms with Gasteiger partial charge < -0.3 is 10.2 Å². The van der Waals surface area contributed by atoms with E-state index in [0.29, 0.717) is 6.54 Å². The Kier molecular flexibility index (Phi) is 6.55. The maximum absolute atomic E-state index is 12.7. The van der Waals surface area contributed by atoms with E-state index >= 15 is 0 Å². The molecule has 2 aliphatic rings. The normalized spacial score (nSPS) is 19.5. The van der Waals surface area contributed by atoms with Crippen LogP contribution in [0.25, 0.3) is 11.3 Å². The Hall–Kier alpha value is -2.69. The van der Waals surface area contributed by atoms with Crippen molar-refractivity contribution in [2.75, 3.05) is 24.5 Å². The van der Waals surface area contributed by atoms with E-state index in [1.165, 1.54) is 31.3 Å². The molecule has 1 N–H and O–H groups in total. The van der Waals surface area contributed by atoms with Gasteiger partial charge in [0.15, 0.2) is 5.82 Å². The lowest BCUT2D eigenvalue weighted by Gasteiger charge is -2.32. The Morgan fingerprint density at radius 1 is 1.07 bits per heavy atom. The number of aromatic nitrogens is 2. The second kappa shape index (κ2) is 9.68. The maximum Gasteiger partial charge on any atom is 0.224 e. The summed E-state index contributed by atoms with van der Waals surface area (Å²) >= 11 is 0. The van der Waals surface area contributed by atoms with E-state index in [4.69, 9.17) is 0 Å². The summed E-state index contributed by atoms with van der Waals surface area (Å²) in [6.45, 7) is 2.40. The van der Waals surface area contributed by atoms with Gasteiger partial charge in [0.25, 0.3) is 0 Å². The smallest absolute Gasteiger partial charge is 0.224 e. The standard InChI is InChI=1S/C24H30N4O/c29-24(25-16-15-19-8-3-1-4-9-19)21-12-7-17-28(18-21)23-14-13-22(26-27-23)20-10-5-2-6-11-20/h2,5-6,8,10-11,13-14,21H,1,3-4,7,9,12,15-18H2,(H,25,29)/t21-/m1/s1. The molecule has 1 fully saturated rings. The minimum atomic E-state index is 0.0275. The van der Waals surface area contributed by atoms with E-state index in [9.17, 15) is 4.79 Å². The van der Waals surface area contributed by atoms with Crippen molar-refractivity contribution in [1.29, 1.82) is 0 Å².